The summed E-state index contributed by atoms with van der Waals surface area (Å²) in [7, 11) is 0. The number of carboxylic acid groups (broad SMARTS) is 1. The second kappa shape index (κ2) is 7.81. The molecule has 0 saturated heterocycles. The summed E-state index contributed by atoms with van der Waals surface area (Å²) in [4.78, 5) is 22.7. The molecule has 0 aliphatic carbocycles. The van der Waals surface area contributed by atoms with Crippen molar-refractivity contribution in [1.29, 1.82) is 0 Å². The van der Waals surface area contributed by atoms with Gasteiger partial charge in [-0.05, 0) is 17.9 Å². The maximum absolute atomic E-state index is 11.4. The van der Waals surface area contributed by atoms with E-state index in [1.807, 2.05) is 17.5 Å². The van der Waals surface area contributed by atoms with E-state index in [1.54, 1.807) is 11.3 Å². The SMILES string of the molecule is O=C(O)COCCNC(=O)CCc1cccs1. The highest BCUT2D eigenvalue weighted by Gasteiger charge is 2.02. The van der Waals surface area contributed by atoms with Gasteiger partial charge in [0.15, 0.2) is 0 Å². The number of hydrogen-bond acceptors (Lipinski definition) is 4. The summed E-state index contributed by atoms with van der Waals surface area (Å²) in [5.74, 6) is -1.05. The molecule has 6 heteroatoms. The first-order valence-corrected chi connectivity index (χ1v) is 6.15. The van der Waals surface area contributed by atoms with Crippen LogP contribution in [0.1, 0.15) is 11.3 Å². The number of aryl methyl sites for hydroxylation is 1. The number of carboxylic acids is 1. The Morgan fingerprint density at radius 3 is 2.94 bits per heavy atom. The molecule has 0 aliphatic heterocycles. The Kier molecular flexibility index (Phi) is 6.27. The third-order valence-corrected chi connectivity index (χ3v) is 2.91. The molecule has 1 amide bonds. The van der Waals surface area contributed by atoms with Crippen molar-refractivity contribution in [2.75, 3.05) is 19.8 Å². The second-order valence-corrected chi connectivity index (χ2v) is 4.41. The van der Waals surface area contributed by atoms with Gasteiger partial charge in [0.05, 0.1) is 6.61 Å². The van der Waals surface area contributed by atoms with Crippen LogP contribution in [0.2, 0.25) is 0 Å². The van der Waals surface area contributed by atoms with Gasteiger partial charge in [-0.25, -0.2) is 4.79 Å². The monoisotopic (exact) mass is 257 g/mol. The maximum Gasteiger partial charge on any atom is 0.329 e. The first-order chi connectivity index (χ1) is 8.18. The lowest BCUT2D eigenvalue weighted by atomic mass is 10.2. The van der Waals surface area contributed by atoms with E-state index < -0.39 is 5.97 Å². The molecule has 1 rings (SSSR count). The minimum absolute atomic E-state index is 0.0441. The van der Waals surface area contributed by atoms with E-state index in [-0.39, 0.29) is 19.1 Å². The van der Waals surface area contributed by atoms with Crippen LogP contribution in [0.15, 0.2) is 17.5 Å². The molecule has 1 heterocycles. The molecule has 0 spiro atoms. The average Bonchev–Trinajstić information content (AvgIpc) is 2.78. The smallest absolute Gasteiger partial charge is 0.329 e. The van der Waals surface area contributed by atoms with Gasteiger partial charge in [0.2, 0.25) is 5.91 Å². The number of aliphatic carboxylic acids is 1. The number of nitrogens with one attached hydrogen (secondary N) is 1. The second-order valence-electron chi connectivity index (χ2n) is 3.38. The lowest BCUT2D eigenvalue weighted by molar-refractivity contribution is -0.142. The Hall–Kier alpha value is -1.40. The van der Waals surface area contributed by atoms with E-state index in [4.69, 9.17) is 9.84 Å². The molecule has 17 heavy (non-hydrogen) atoms. The summed E-state index contributed by atoms with van der Waals surface area (Å²) >= 11 is 1.63. The van der Waals surface area contributed by atoms with Gasteiger partial charge in [0.1, 0.15) is 6.61 Å². The highest BCUT2D eigenvalue weighted by atomic mass is 32.1. The molecule has 0 bridgehead atoms. The average molecular weight is 257 g/mol. The quantitative estimate of drug-likeness (QED) is 0.678. The van der Waals surface area contributed by atoms with Gasteiger partial charge in [-0.3, -0.25) is 4.79 Å². The largest absolute Gasteiger partial charge is 0.480 e. The van der Waals surface area contributed by atoms with Crippen LogP contribution >= 0.6 is 11.3 Å². The van der Waals surface area contributed by atoms with E-state index in [2.05, 4.69) is 5.32 Å². The molecule has 0 unspecified atom stereocenters. The van der Waals surface area contributed by atoms with E-state index in [0.29, 0.717) is 13.0 Å². The van der Waals surface area contributed by atoms with Crippen molar-refractivity contribution in [3.8, 4) is 0 Å². The van der Waals surface area contributed by atoms with E-state index in [1.165, 1.54) is 4.88 Å². The van der Waals surface area contributed by atoms with Crippen LogP contribution < -0.4 is 5.32 Å². The van der Waals surface area contributed by atoms with Gasteiger partial charge in [0.25, 0.3) is 0 Å². The Morgan fingerprint density at radius 2 is 2.29 bits per heavy atom. The van der Waals surface area contributed by atoms with Gasteiger partial charge >= 0.3 is 5.97 Å². The van der Waals surface area contributed by atoms with Crippen LogP contribution in [0, 0.1) is 0 Å². The molecule has 0 aromatic carbocycles. The van der Waals surface area contributed by atoms with Gasteiger partial charge in [-0.1, -0.05) is 6.07 Å². The molecule has 0 radical (unpaired) electrons. The summed E-state index contributed by atoms with van der Waals surface area (Å²) in [6.45, 7) is 0.235. The molecule has 2 N–H and O–H groups in total. The van der Waals surface area contributed by atoms with Crippen molar-refractivity contribution >= 4 is 23.2 Å². The standard InChI is InChI=1S/C11H15NO4S/c13-10(4-3-9-2-1-7-17-9)12-5-6-16-8-11(14)15/h1-2,7H,3-6,8H2,(H,12,13)(H,14,15). The number of thiophene rings is 1. The zero-order valence-electron chi connectivity index (χ0n) is 9.35. The van der Waals surface area contributed by atoms with Crippen molar-refractivity contribution in [3.63, 3.8) is 0 Å². The topological polar surface area (TPSA) is 75.6 Å². The first-order valence-electron chi connectivity index (χ1n) is 5.27. The van der Waals surface area contributed by atoms with Crippen molar-refractivity contribution in [2.45, 2.75) is 12.8 Å². The first kappa shape index (κ1) is 13.7. The molecule has 0 aliphatic rings. The summed E-state index contributed by atoms with van der Waals surface area (Å²) in [6, 6.07) is 3.95. The van der Waals surface area contributed by atoms with Crippen molar-refractivity contribution < 1.29 is 19.4 Å². The predicted molar refractivity (Wildman–Crippen MR) is 64.1 cm³/mol. The van der Waals surface area contributed by atoms with Crippen LogP contribution in [0.5, 0.6) is 0 Å². The minimum atomic E-state index is -1.01. The molecular weight excluding hydrogens is 242 g/mol. The molecule has 1 aromatic rings. The number of carbonyl (C=O) groups excluding carboxylic acids is 1. The van der Waals surface area contributed by atoms with Gasteiger partial charge in [0, 0.05) is 17.8 Å². The van der Waals surface area contributed by atoms with Crippen LogP contribution in [-0.2, 0) is 20.7 Å². The van der Waals surface area contributed by atoms with Crippen LogP contribution in [0.3, 0.4) is 0 Å². The Morgan fingerprint density at radius 1 is 1.47 bits per heavy atom. The fourth-order valence-electron chi connectivity index (χ4n) is 1.20. The molecule has 5 nitrogen and oxygen atoms in total. The fraction of sp³-hybridized carbons (Fsp3) is 0.455. The zero-order valence-corrected chi connectivity index (χ0v) is 10.2. The lowest BCUT2D eigenvalue weighted by Gasteiger charge is -2.04. The van der Waals surface area contributed by atoms with Crippen molar-refractivity contribution in [1.82, 2.24) is 5.32 Å². The lowest BCUT2D eigenvalue weighted by Crippen LogP contribution is -2.28. The van der Waals surface area contributed by atoms with E-state index in [0.717, 1.165) is 6.42 Å². The Labute approximate surface area is 103 Å². The van der Waals surface area contributed by atoms with Crippen LogP contribution in [-0.4, -0.2) is 36.7 Å². The number of carbonyl (C=O) groups is 2. The molecule has 0 fully saturated rings. The van der Waals surface area contributed by atoms with Crippen molar-refractivity contribution in [3.05, 3.63) is 22.4 Å². The summed E-state index contributed by atoms with van der Waals surface area (Å²) in [5.41, 5.74) is 0. The van der Waals surface area contributed by atoms with Crippen molar-refractivity contribution in [2.24, 2.45) is 0 Å². The maximum atomic E-state index is 11.4. The molecule has 0 saturated carbocycles. The molecule has 94 valence electrons. The summed E-state index contributed by atoms with van der Waals surface area (Å²) in [5, 5.41) is 12.9. The van der Waals surface area contributed by atoms with Gasteiger partial charge in [-0.15, -0.1) is 11.3 Å². The van der Waals surface area contributed by atoms with Gasteiger partial charge < -0.3 is 15.2 Å². The number of ether oxygens (including phenoxy) is 1. The van der Waals surface area contributed by atoms with E-state index >= 15 is 0 Å². The number of hydrogen-bond donors (Lipinski definition) is 2. The number of amides is 1. The predicted octanol–water partition coefficient (Wildman–Crippen LogP) is 0.898. The molecule has 1 aromatic heterocycles. The summed E-state index contributed by atoms with van der Waals surface area (Å²) < 4.78 is 4.78. The molecular formula is C11H15NO4S. The highest BCUT2D eigenvalue weighted by molar-refractivity contribution is 7.09. The molecule has 0 atom stereocenters. The van der Waals surface area contributed by atoms with Gasteiger partial charge in [-0.2, -0.15) is 0 Å². The fourth-order valence-corrected chi connectivity index (χ4v) is 1.91. The third kappa shape index (κ3) is 6.70. The number of rotatable bonds is 8. The van der Waals surface area contributed by atoms with E-state index in [9.17, 15) is 9.59 Å². The summed E-state index contributed by atoms with van der Waals surface area (Å²) in [6.07, 6.45) is 1.18. The minimum Gasteiger partial charge on any atom is -0.480 e. The third-order valence-electron chi connectivity index (χ3n) is 1.97. The normalized spacial score (nSPS) is 10.1. The van der Waals surface area contributed by atoms with Crippen LogP contribution in [0.4, 0.5) is 0 Å². The highest BCUT2D eigenvalue weighted by Crippen LogP contribution is 2.10. The Balaban J connectivity index is 2.00. The Bertz CT molecular complexity index is 350. The van der Waals surface area contributed by atoms with Crippen LogP contribution in [0.25, 0.3) is 0 Å². The zero-order chi connectivity index (χ0) is 12.5.